The number of rotatable bonds is 9. The molecule has 0 aliphatic carbocycles. The number of methoxy groups -OCH3 is 1. The number of carboxylic acids is 1. The molecule has 0 amide bonds. The summed E-state index contributed by atoms with van der Waals surface area (Å²) >= 11 is 0. The lowest BCUT2D eigenvalue weighted by molar-refractivity contribution is -0.137. The zero-order chi connectivity index (χ0) is 29.7. The Hall–Kier alpha value is -3.80. The first-order valence-electron chi connectivity index (χ1n) is 13.4. The third kappa shape index (κ3) is 6.58. The van der Waals surface area contributed by atoms with Crippen molar-refractivity contribution in [3.63, 3.8) is 0 Å². The lowest BCUT2D eigenvalue weighted by Crippen LogP contribution is -2.37. The fraction of sp³-hybridized carbons (Fsp3) is 0.367. The van der Waals surface area contributed by atoms with Gasteiger partial charge in [0, 0.05) is 26.1 Å². The highest BCUT2D eigenvalue weighted by atomic mass is 32.2. The van der Waals surface area contributed by atoms with Crippen LogP contribution in [0.1, 0.15) is 47.1 Å². The highest BCUT2D eigenvalue weighted by molar-refractivity contribution is 7.89. The number of aryl methyl sites for hydroxylation is 1. The second kappa shape index (κ2) is 12.8. The van der Waals surface area contributed by atoms with E-state index in [-0.39, 0.29) is 30.5 Å². The summed E-state index contributed by atoms with van der Waals surface area (Å²) in [5.41, 5.74) is 12.2. The van der Waals surface area contributed by atoms with Crippen LogP contribution in [-0.4, -0.2) is 57.2 Å². The molecule has 0 bridgehead atoms. The van der Waals surface area contributed by atoms with E-state index in [1.807, 2.05) is 44.2 Å². The molecule has 11 heteroatoms. The molecular weight excluding hydrogens is 544 g/mol. The first-order valence-corrected chi connectivity index (χ1v) is 14.8. The Morgan fingerprint density at radius 1 is 1.22 bits per heavy atom. The normalized spacial score (nSPS) is 17.8. The molecule has 3 aromatic carbocycles. The van der Waals surface area contributed by atoms with Gasteiger partial charge in [0.1, 0.15) is 17.1 Å². The number of nitrogens with one attached hydrogen (secondary N) is 2. The number of aliphatic carboxylic acids is 1. The molecule has 0 saturated heterocycles. The quantitative estimate of drug-likeness (QED) is 0.285. The van der Waals surface area contributed by atoms with Crippen molar-refractivity contribution in [2.24, 2.45) is 5.11 Å². The van der Waals surface area contributed by atoms with Crippen LogP contribution in [0, 0.1) is 12.5 Å². The molecule has 0 fully saturated rings. The summed E-state index contributed by atoms with van der Waals surface area (Å²) in [7, 11) is -0.650. The number of carbonyl (C=O) groups is 1. The fourth-order valence-corrected chi connectivity index (χ4v) is 7.00. The number of carboxylic acid groups (broad SMARTS) is 1. The monoisotopic (exact) mass is 580 g/mol. The van der Waals surface area contributed by atoms with Crippen molar-refractivity contribution >= 4 is 27.4 Å². The van der Waals surface area contributed by atoms with Gasteiger partial charge in [-0.15, -0.1) is 0 Å². The largest absolute Gasteiger partial charge is 0.494 e. The van der Waals surface area contributed by atoms with Crippen LogP contribution in [0.3, 0.4) is 0 Å². The minimum Gasteiger partial charge on any atom is -0.494 e. The molecule has 1 aliphatic rings. The van der Waals surface area contributed by atoms with E-state index in [9.17, 15) is 18.3 Å². The molecule has 0 aromatic heterocycles. The van der Waals surface area contributed by atoms with E-state index < -0.39 is 21.9 Å². The molecule has 0 radical (unpaired) electrons. The summed E-state index contributed by atoms with van der Waals surface area (Å²) in [5.74, 6) is -1.15. The number of anilines is 1. The maximum Gasteiger partial charge on any atom is 0.304 e. The molecule has 41 heavy (non-hydrogen) atoms. The topological polar surface area (TPSA) is 141 Å². The van der Waals surface area contributed by atoms with E-state index in [0.29, 0.717) is 46.8 Å². The van der Waals surface area contributed by atoms with Crippen molar-refractivity contribution in [2.75, 3.05) is 32.6 Å². The Balaban J connectivity index is 1.79. The lowest BCUT2D eigenvalue weighted by atomic mass is 9.86. The molecule has 3 N–H and O–H groups in total. The SMILES string of the molecule is CNc1c(N=N)cc([C@@H](CC(=O)O)c2ccc(C)c(CN3C[C@@H](C)OCCc4ccccc4S3(=O)=O)c2)cc1OC. The van der Waals surface area contributed by atoms with Crippen molar-refractivity contribution in [1.82, 2.24) is 4.31 Å². The zero-order valence-electron chi connectivity index (χ0n) is 23.7. The van der Waals surface area contributed by atoms with Gasteiger partial charge in [0.05, 0.1) is 31.1 Å². The van der Waals surface area contributed by atoms with Crippen molar-refractivity contribution in [3.8, 4) is 5.75 Å². The predicted molar refractivity (Wildman–Crippen MR) is 156 cm³/mol. The minimum atomic E-state index is -3.84. The van der Waals surface area contributed by atoms with E-state index in [0.717, 1.165) is 11.1 Å². The van der Waals surface area contributed by atoms with E-state index >= 15 is 0 Å². The van der Waals surface area contributed by atoms with Gasteiger partial charge in [-0.1, -0.05) is 36.4 Å². The van der Waals surface area contributed by atoms with E-state index in [1.165, 1.54) is 11.4 Å². The average molecular weight is 581 g/mol. The van der Waals surface area contributed by atoms with Gasteiger partial charge in [0.2, 0.25) is 10.0 Å². The van der Waals surface area contributed by atoms with Gasteiger partial charge in [-0.05, 0) is 66.3 Å². The first kappa shape index (κ1) is 30.2. The summed E-state index contributed by atoms with van der Waals surface area (Å²) in [6.07, 6.45) is -0.0311. The minimum absolute atomic E-state index is 0.0964. The number of benzene rings is 3. The Kier molecular flexibility index (Phi) is 9.42. The number of hydrogen-bond donors (Lipinski definition) is 3. The molecule has 4 rings (SSSR count). The van der Waals surface area contributed by atoms with Crippen LogP contribution in [0.2, 0.25) is 0 Å². The number of sulfonamides is 1. The van der Waals surface area contributed by atoms with Crippen molar-refractivity contribution in [1.29, 1.82) is 5.53 Å². The number of nitrogens with zero attached hydrogens (tertiary/aromatic N) is 2. The second-order valence-electron chi connectivity index (χ2n) is 10.2. The predicted octanol–water partition coefficient (Wildman–Crippen LogP) is 5.47. The van der Waals surface area contributed by atoms with Gasteiger partial charge in [0.25, 0.3) is 0 Å². The number of fused-ring (bicyclic) bond motifs is 1. The Morgan fingerprint density at radius 2 is 1.98 bits per heavy atom. The Morgan fingerprint density at radius 3 is 2.66 bits per heavy atom. The van der Waals surface area contributed by atoms with Gasteiger partial charge < -0.3 is 19.9 Å². The van der Waals surface area contributed by atoms with Crippen LogP contribution in [0.5, 0.6) is 5.75 Å². The van der Waals surface area contributed by atoms with Gasteiger partial charge in [0.15, 0.2) is 0 Å². The highest BCUT2D eigenvalue weighted by Gasteiger charge is 2.31. The summed E-state index contributed by atoms with van der Waals surface area (Å²) in [4.78, 5) is 12.3. The zero-order valence-corrected chi connectivity index (χ0v) is 24.5. The summed E-state index contributed by atoms with van der Waals surface area (Å²) in [5, 5.41) is 16.4. The molecule has 2 atom stereocenters. The Labute approximate surface area is 240 Å². The molecule has 1 heterocycles. The molecular formula is C30H36N4O6S. The van der Waals surface area contributed by atoms with E-state index in [1.54, 1.807) is 31.3 Å². The second-order valence-corrected chi connectivity index (χ2v) is 12.1. The molecule has 218 valence electrons. The molecule has 0 saturated carbocycles. The van der Waals surface area contributed by atoms with Gasteiger partial charge in [-0.25, -0.2) is 13.9 Å². The average Bonchev–Trinajstić information content (AvgIpc) is 2.99. The van der Waals surface area contributed by atoms with Gasteiger partial charge >= 0.3 is 5.97 Å². The van der Waals surface area contributed by atoms with Crippen LogP contribution in [0.15, 0.2) is 64.6 Å². The van der Waals surface area contributed by atoms with Crippen LogP contribution < -0.4 is 10.1 Å². The third-order valence-corrected chi connectivity index (χ3v) is 9.33. The van der Waals surface area contributed by atoms with E-state index in [2.05, 4.69) is 10.4 Å². The molecule has 1 aliphatic heterocycles. The summed E-state index contributed by atoms with van der Waals surface area (Å²) in [6.45, 7) is 4.47. The molecule has 10 nitrogen and oxygen atoms in total. The molecule has 3 aromatic rings. The van der Waals surface area contributed by atoms with Gasteiger partial charge in [-0.3, -0.25) is 4.79 Å². The van der Waals surface area contributed by atoms with Crippen LogP contribution in [-0.2, 0) is 32.5 Å². The van der Waals surface area contributed by atoms with Crippen LogP contribution in [0.25, 0.3) is 0 Å². The standard InChI is InChI=1S/C30H36N4O6S/c1-19-9-10-22(25(16-29(35)36)23-14-26(33-31)30(32-3)27(15-23)39-4)13-24(19)18-34-17-20(2)40-12-11-21-7-5-6-8-28(21)41(34,37)38/h5-10,13-15,20,25,31-32H,11-12,16-18H2,1-4H3,(H,35,36)/t20-,25+/m1/s1. The summed E-state index contributed by atoms with van der Waals surface area (Å²) in [6, 6.07) is 16.0. The maximum atomic E-state index is 13.9. The lowest BCUT2D eigenvalue weighted by Gasteiger charge is -2.26. The fourth-order valence-electron chi connectivity index (χ4n) is 5.25. The first-order chi connectivity index (χ1) is 19.6. The van der Waals surface area contributed by atoms with E-state index in [4.69, 9.17) is 15.0 Å². The van der Waals surface area contributed by atoms with Crippen molar-refractivity contribution < 1.29 is 27.8 Å². The molecule has 0 spiro atoms. The molecule has 0 unspecified atom stereocenters. The third-order valence-electron chi connectivity index (χ3n) is 7.42. The maximum absolute atomic E-state index is 13.9. The van der Waals surface area contributed by atoms with Crippen molar-refractivity contribution in [3.05, 3.63) is 82.4 Å². The highest BCUT2D eigenvalue weighted by Crippen LogP contribution is 2.41. The number of hydrogen-bond acceptors (Lipinski definition) is 8. The van der Waals surface area contributed by atoms with Crippen LogP contribution in [0.4, 0.5) is 11.4 Å². The number of ether oxygens (including phenoxy) is 2. The van der Waals surface area contributed by atoms with Crippen LogP contribution >= 0.6 is 0 Å². The van der Waals surface area contributed by atoms with Gasteiger partial charge in [-0.2, -0.15) is 9.42 Å². The smallest absolute Gasteiger partial charge is 0.304 e. The van der Waals surface area contributed by atoms with Crippen molar-refractivity contribution in [2.45, 2.75) is 50.2 Å². The Bertz CT molecular complexity index is 1540. The summed E-state index contributed by atoms with van der Waals surface area (Å²) < 4.78 is 40.7.